The molecule has 1 atom stereocenters. The SMILES string of the molecule is CCN(CC)CCCn1c(C)cc2c(c1=O)[C@H](c1cc(OC)c3c(c1)OCO3)C(C#N)=C(N)O2. The zero-order valence-electron chi connectivity index (χ0n) is 20.0. The Morgan fingerprint density at radius 3 is 2.68 bits per heavy atom. The number of aromatic nitrogens is 1. The Morgan fingerprint density at radius 1 is 1.24 bits per heavy atom. The summed E-state index contributed by atoms with van der Waals surface area (Å²) in [4.78, 5) is 16.1. The van der Waals surface area contributed by atoms with Gasteiger partial charge in [0.15, 0.2) is 11.5 Å². The zero-order chi connectivity index (χ0) is 24.4. The monoisotopic (exact) mass is 466 g/mol. The maximum absolute atomic E-state index is 13.8. The van der Waals surface area contributed by atoms with Crippen molar-refractivity contribution in [2.24, 2.45) is 5.73 Å². The predicted molar refractivity (Wildman–Crippen MR) is 126 cm³/mol. The molecule has 0 fully saturated rings. The molecule has 0 aliphatic carbocycles. The molecule has 0 spiro atoms. The molecule has 3 heterocycles. The molecule has 0 saturated carbocycles. The molecule has 180 valence electrons. The first kappa shape index (κ1) is 23.5. The maximum Gasteiger partial charge on any atom is 0.258 e. The fourth-order valence-electron chi connectivity index (χ4n) is 4.61. The third kappa shape index (κ3) is 4.05. The first-order chi connectivity index (χ1) is 16.4. The Balaban J connectivity index is 1.82. The van der Waals surface area contributed by atoms with Crippen molar-refractivity contribution in [2.45, 2.75) is 39.7 Å². The lowest BCUT2D eigenvalue weighted by Crippen LogP contribution is -2.33. The number of methoxy groups -OCH3 is 1. The van der Waals surface area contributed by atoms with Gasteiger partial charge in [-0.2, -0.15) is 5.26 Å². The Labute approximate surface area is 198 Å². The molecule has 2 aromatic rings. The number of nitriles is 1. The van der Waals surface area contributed by atoms with E-state index in [1.54, 1.807) is 16.7 Å². The van der Waals surface area contributed by atoms with Gasteiger partial charge >= 0.3 is 0 Å². The van der Waals surface area contributed by atoms with E-state index in [0.717, 1.165) is 31.7 Å². The van der Waals surface area contributed by atoms with Crippen LogP contribution in [0.25, 0.3) is 0 Å². The van der Waals surface area contributed by atoms with E-state index in [-0.39, 0.29) is 23.8 Å². The summed E-state index contributed by atoms with van der Waals surface area (Å²) in [6, 6.07) is 7.47. The molecule has 0 amide bonds. The highest BCUT2D eigenvalue weighted by atomic mass is 16.7. The number of allylic oxidation sites excluding steroid dienone is 1. The van der Waals surface area contributed by atoms with Gasteiger partial charge in [-0.25, -0.2) is 0 Å². The molecular weight excluding hydrogens is 436 g/mol. The molecule has 2 N–H and O–H groups in total. The minimum atomic E-state index is -0.723. The van der Waals surface area contributed by atoms with Crippen molar-refractivity contribution >= 4 is 0 Å². The molecule has 1 aromatic carbocycles. The molecule has 0 unspecified atom stereocenters. The van der Waals surface area contributed by atoms with E-state index in [4.69, 9.17) is 24.7 Å². The molecule has 1 aromatic heterocycles. The lowest BCUT2D eigenvalue weighted by Gasteiger charge is -2.28. The van der Waals surface area contributed by atoms with E-state index in [9.17, 15) is 10.1 Å². The topological polar surface area (TPSA) is 112 Å². The number of nitrogens with two attached hydrogens (primary N) is 1. The fraction of sp³-hybridized carbons (Fsp3) is 0.440. The van der Waals surface area contributed by atoms with Crippen molar-refractivity contribution in [3.63, 3.8) is 0 Å². The third-order valence-corrected chi connectivity index (χ3v) is 6.45. The van der Waals surface area contributed by atoms with Gasteiger partial charge in [0.05, 0.1) is 18.6 Å². The molecular formula is C25H30N4O5. The van der Waals surface area contributed by atoms with Crippen LogP contribution in [0.2, 0.25) is 0 Å². The first-order valence-corrected chi connectivity index (χ1v) is 11.4. The minimum Gasteiger partial charge on any atom is -0.493 e. The summed E-state index contributed by atoms with van der Waals surface area (Å²) < 4.78 is 24.1. The van der Waals surface area contributed by atoms with E-state index in [1.165, 1.54) is 7.11 Å². The first-order valence-electron chi connectivity index (χ1n) is 11.4. The molecule has 2 aliphatic rings. The van der Waals surface area contributed by atoms with E-state index in [0.29, 0.717) is 40.7 Å². The van der Waals surface area contributed by atoms with Crippen LogP contribution >= 0.6 is 0 Å². The van der Waals surface area contributed by atoms with Gasteiger partial charge < -0.3 is 34.1 Å². The van der Waals surface area contributed by atoms with Gasteiger partial charge in [0, 0.05) is 18.3 Å². The molecule has 9 nitrogen and oxygen atoms in total. The van der Waals surface area contributed by atoms with E-state index >= 15 is 0 Å². The van der Waals surface area contributed by atoms with Gasteiger partial charge in [-0.15, -0.1) is 0 Å². The highest BCUT2D eigenvalue weighted by Gasteiger charge is 2.36. The van der Waals surface area contributed by atoms with E-state index in [2.05, 4.69) is 24.8 Å². The van der Waals surface area contributed by atoms with E-state index < -0.39 is 5.92 Å². The van der Waals surface area contributed by atoms with Crippen molar-refractivity contribution in [2.75, 3.05) is 33.5 Å². The number of benzene rings is 1. The number of fused-ring (bicyclic) bond motifs is 2. The highest BCUT2D eigenvalue weighted by molar-refractivity contribution is 5.61. The molecule has 0 saturated heterocycles. The number of rotatable bonds is 8. The van der Waals surface area contributed by atoms with Gasteiger partial charge in [0.25, 0.3) is 5.56 Å². The van der Waals surface area contributed by atoms with Crippen molar-refractivity contribution in [3.8, 4) is 29.1 Å². The second-order valence-corrected chi connectivity index (χ2v) is 8.28. The number of ether oxygens (including phenoxy) is 4. The van der Waals surface area contributed by atoms with Gasteiger partial charge in [0.2, 0.25) is 18.4 Å². The Kier molecular flexibility index (Phi) is 6.70. The average molecular weight is 467 g/mol. The molecule has 0 bridgehead atoms. The van der Waals surface area contributed by atoms with Crippen molar-refractivity contribution < 1.29 is 18.9 Å². The fourth-order valence-corrected chi connectivity index (χ4v) is 4.61. The normalized spacial score (nSPS) is 16.3. The minimum absolute atomic E-state index is 0.0188. The van der Waals surface area contributed by atoms with Crippen LogP contribution in [-0.2, 0) is 6.54 Å². The smallest absolute Gasteiger partial charge is 0.258 e. The van der Waals surface area contributed by atoms with Crippen molar-refractivity contribution in [3.05, 3.63) is 56.8 Å². The van der Waals surface area contributed by atoms with Crippen LogP contribution < -0.4 is 30.2 Å². The van der Waals surface area contributed by atoms with Crippen LogP contribution in [0.15, 0.2) is 34.4 Å². The quantitative estimate of drug-likeness (QED) is 0.632. The van der Waals surface area contributed by atoms with Gasteiger partial charge in [-0.05, 0) is 50.7 Å². The van der Waals surface area contributed by atoms with Crippen LogP contribution in [0.5, 0.6) is 23.0 Å². The van der Waals surface area contributed by atoms with Gasteiger partial charge in [-0.3, -0.25) is 4.79 Å². The lowest BCUT2D eigenvalue weighted by molar-refractivity contribution is 0.171. The van der Waals surface area contributed by atoms with Crippen molar-refractivity contribution in [1.82, 2.24) is 9.47 Å². The van der Waals surface area contributed by atoms with Crippen LogP contribution in [0, 0.1) is 18.3 Å². The van der Waals surface area contributed by atoms with Crippen LogP contribution in [-0.4, -0.2) is 43.0 Å². The molecule has 2 aliphatic heterocycles. The predicted octanol–water partition coefficient (Wildman–Crippen LogP) is 2.84. The Morgan fingerprint density at radius 2 is 2.00 bits per heavy atom. The largest absolute Gasteiger partial charge is 0.493 e. The molecule has 34 heavy (non-hydrogen) atoms. The molecule has 4 rings (SSSR count). The zero-order valence-corrected chi connectivity index (χ0v) is 20.0. The summed E-state index contributed by atoms with van der Waals surface area (Å²) in [5, 5.41) is 9.94. The number of hydrogen-bond acceptors (Lipinski definition) is 8. The van der Waals surface area contributed by atoms with Crippen LogP contribution in [0.3, 0.4) is 0 Å². The summed E-state index contributed by atoms with van der Waals surface area (Å²) in [5.41, 5.74) is 7.89. The molecule has 0 radical (unpaired) electrons. The summed E-state index contributed by atoms with van der Waals surface area (Å²) in [6.07, 6.45) is 0.827. The maximum atomic E-state index is 13.8. The lowest BCUT2D eigenvalue weighted by atomic mass is 9.83. The van der Waals surface area contributed by atoms with Gasteiger partial charge in [-0.1, -0.05) is 13.8 Å². The summed E-state index contributed by atoms with van der Waals surface area (Å²) in [7, 11) is 1.53. The number of nitrogens with zero attached hydrogens (tertiary/aromatic N) is 3. The summed E-state index contributed by atoms with van der Waals surface area (Å²) in [5.74, 6) is 1.06. The number of pyridine rings is 1. The number of aryl methyl sites for hydroxylation is 1. The molecule has 9 heteroatoms. The standard InChI is InChI=1S/C25H30N4O5/c1-5-28(6-2)8-7-9-29-15(3)10-18-22(25(29)30)21(17(13-26)24(27)34-18)16-11-19(31-4)23-20(12-16)32-14-33-23/h10-12,21H,5-9,14,27H2,1-4H3/t21-/m1/s1. The Hall–Kier alpha value is -3.64. The summed E-state index contributed by atoms with van der Waals surface area (Å²) in [6.45, 7) is 9.58. The third-order valence-electron chi connectivity index (χ3n) is 6.45. The second-order valence-electron chi connectivity index (χ2n) is 8.28. The number of hydrogen-bond donors (Lipinski definition) is 1. The Bertz CT molecular complexity index is 1220. The van der Waals surface area contributed by atoms with Crippen LogP contribution in [0.4, 0.5) is 0 Å². The van der Waals surface area contributed by atoms with Crippen LogP contribution in [0.1, 0.15) is 43.0 Å². The average Bonchev–Trinajstić information content (AvgIpc) is 3.31. The van der Waals surface area contributed by atoms with Gasteiger partial charge in [0.1, 0.15) is 17.4 Å². The van der Waals surface area contributed by atoms with E-state index in [1.807, 2.05) is 13.0 Å². The second kappa shape index (κ2) is 9.69. The summed E-state index contributed by atoms with van der Waals surface area (Å²) >= 11 is 0. The van der Waals surface area contributed by atoms with Crippen molar-refractivity contribution in [1.29, 1.82) is 5.26 Å². The highest BCUT2D eigenvalue weighted by Crippen LogP contribution is 2.47.